The van der Waals surface area contributed by atoms with Gasteiger partial charge in [0.05, 0.1) is 12.0 Å². The maximum absolute atomic E-state index is 12.6. The summed E-state index contributed by atoms with van der Waals surface area (Å²) >= 11 is 0. The van der Waals surface area contributed by atoms with E-state index in [0.717, 1.165) is 10.6 Å². The van der Waals surface area contributed by atoms with Crippen molar-refractivity contribution in [1.82, 2.24) is 15.3 Å². The molecule has 0 bridgehead atoms. The highest BCUT2D eigenvalue weighted by Gasteiger charge is 2.54. The minimum absolute atomic E-state index is 0.00957. The highest BCUT2D eigenvalue weighted by atomic mass is 16.5. The number of likely N-dealkylation sites (tertiary alicyclic amines) is 1. The van der Waals surface area contributed by atoms with Gasteiger partial charge in [0.15, 0.2) is 5.78 Å². The van der Waals surface area contributed by atoms with Crippen molar-refractivity contribution in [2.24, 2.45) is 11.8 Å². The summed E-state index contributed by atoms with van der Waals surface area (Å²) in [7, 11) is 1.80. The molecule has 0 saturated carbocycles. The molecule has 2 heterocycles. The molecule has 1 N–H and O–H groups in total. The Balaban J connectivity index is 2.12. The summed E-state index contributed by atoms with van der Waals surface area (Å²) in [5, 5.41) is 1.74. The quantitative estimate of drug-likeness (QED) is 0.316. The minimum Gasteiger partial charge on any atom is -0.454 e. The lowest BCUT2D eigenvalue weighted by atomic mass is 9.76. The van der Waals surface area contributed by atoms with Gasteiger partial charge in [-0.05, 0) is 18.9 Å². The molecule has 0 aromatic heterocycles. The molecule has 142 valence electrons. The fraction of sp³-hybridized carbons (Fsp3) is 0.556. The number of hydrogen-bond acceptors (Lipinski definition) is 7. The molecular weight excluding hydrogens is 338 g/mol. The number of hydrazine groups is 1. The molecule has 8 heteroatoms. The van der Waals surface area contributed by atoms with E-state index in [1.54, 1.807) is 18.1 Å². The van der Waals surface area contributed by atoms with Crippen LogP contribution in [0.25, 0.3) is 0 Å². The highest BCUT2D eigenvalue weighted by Crippen LogP contribution is 2.35. The van der Waals surface area contributed by atoms with Crippen LogP contribution in [0.1, 0.15) is 27.2 Å². The second kappa shape index (κ2) is 7.82. The Morgan fingerprint density at radius 2 is 2.04 bits per heavy atom. The number of nitrogens with one attached hydrogen (secondary N) is 1. The van der Waals surface area contributed by atoms with E-state index in [4.69, 9.17) is 4.74 Å². The number of amides is 2. The first-order valence-electron chi connectivity index (χ1n) is 8.55. The number of ether oxygens (including phenoxy) is 1. The fourth-order valence-electron chi connectivity index (χ4n) is 3.26. The molecule has 8 nitrogen and oxygen atoms in total. The minimum atomic E-state index is -1.12. The Hall–Kier alpha value is -2.48. The SMILES string of the molecule is C=CCOC(=O)C(=O)N1C(=O)[C@H](C(C)C)[C@H]1CC(=O)C1C=C(C)N(C)N1. The zero-order valence-electron chi connectivity index (χ0n) is 15.5. The molecule has 1 unspecified atom stereocenters. The van der Waals surface area contributed by atoms with E-state index in [9.17, 15) is 19.2 Å². The van der Waals surface area contributed by atoms with Gasteiger partial charge in [-0.15, -0.1) is 0 Å². The molecule has 1 fully saturated rings. The third kappa shape index (κ3) is 3.70. The Morgan fingerprint density at radius 3 is 2.54 bits per heavy atom. The van der Waals surface area contributed by atoms with E-state index in [2.05, 4.69) is 12.0 Å². The number of ketones is 1. The first-order chi connectivity index (χ1) is 12.2. The van der Waals surface area contributed by atoms with Gasteiger partial charge in [-0.2, -0.15) is 0 Å². The second-order valence-electron chi connectivity index (χ2n) is 6.88. The van der Waals surface area contributed by atoms with Crippen LogP contribution < -0.4 is 5.43 Å². The predicted octanol–water partition coefficient (Wildman–Crippen LogP) is 0.407. The van der Waals surface area contributed by atoms with Crippen LogP contribution in [0, 0.1) is 11.8 Å². The number of β-lactam (4-membered cyclic amide) rings is 1. The number of imide groups is 1. The molecule has 2 amide bonds. The first-order valence-corrected chi connectivity index (χ1v) is 8.55. The Labute approximate surface area is 152 Å². The van der Waals surface area contributed by atoms with Crippen molar-refractivity contribution in [3.63, 3.8) is 0 Å². The summed E-state index contributed by atoms with van der Waals surface area (Å²) in [6, 6.07) is -1.15. The highest BCUT2D eigenvalue weighted by molar-refractivity contribution is 6.36. The third-order valence-electron chi connectivity index (χ3n) is 4.74. The molecule has 26 heavy (non-hydrogen) atoms. The van der Waals surface area contributed by atoms with Crippen LogP contribution in [-0.4, -0.2) is 59.2 Å². The van der Waals surface area contributed by atoms with Gasteiger partial charge in [0.25, 0.3) is 0 Å². The maximum atomic E-state index is 12.6. The number of rotatable bonds is 6. The van der Waals surface area contributed by atoms with Crippen molar-refractivity contribution < 1.29 is 23.9 Å². The second-order valence-corrected chi connectivity index (χ2v) is 6.88. The number of hydrogen-bond donors (Lipinski definition) is 1. The van der Waals surface area contributed by atoms with Crippen LogP contribution in [0.5, 0.6) is 0 Å². The summed E-state index contributed by atoms with van der Waals surface area (Å²) in [6.07, 6.45) is 3.11. The molecular formula is C18H25N3O5. The largest absolute Gasteiger partial charge is 0.454 e. The monoisotopic (exact) mass is 363 g/mol. The van der Waals surface area contributed by atoms with E-state index in [-0.39, 0.29) is 24.7 Å². The van der Waals surface area contributed by atoms with Gasteiger partial charge in [-0.25, -0.2) is 10.2 Å². The normalized spacial score (nSPS) is 25.0. The van der Waals surface area contributed by atoms with Crippen LogP contribution in [0.15, 0.2) is 24.4 Å². The molecule has 2 rings (SSSR count). The molecule has 0 aliphatic carbocycles. The molecule has 2 aliphatic rings. The summed E-state index contributed by atoms with van der Waals surface area (Å²) < 4.78 is 4.72. The van der Waals surface area contributed by atoms with E-state index >= 15 is 0 Å². The van der Waals surface area contributed by atoms with Crippen LogP contribution in [-0.2, 0) is 23.9 Å². The van der Waals surface area contributed by atoms with Crippen LogP contribution in [0.2, 0.25) is 0 Å². The summed E-state index contributed by atoms with van der Waals surface area (Å²) in [4.78, 5) is 49.9. The van der Waals surface area contributed by atoms with Gasteiger partial charge in [-0.1, -0.05) is 26.5 Å². The predicted molar refractivity (Wildman–Crippen MR) is 93.2 cm³/mol. The Bertz CT molecular complexity index is 670. The molecule has 1 saturated heterocycles. The molecule has 0 spiro atoms. The lowest BCUT2D eigenvalue weighted by molar-refractivity contribution is -0.178. The summed E-state index contributed by atoms with van der Waals surface area (Å²) in [6.45, 7) is 8.85. The topological polar surface area (TPSA) is 96.0 Å². The first kappa shape index (κ1) is 19.8. The standard InChI is InChI=1S/C18H25N3O5/c1-6-7-26-18(25)17(24)21-13(15(10(2)3)16(21)23)9-14(22)12-8-11(4)20(5)19-12/h6,8,10,12-13,15,19H,1,7,9H2,2-5H3/t12?,13-,15-/m1/s1. The third-order valence-corrected chi connectivity index (χ3v) is 4.74. The number of nitrogens with zero attached hydrogens (tertiary/aromatic N) is 2. The van der Waals surface area contributed by atoms with E-state index in [1.165, 1.54) is 6.08 Å². The smallest absolute Gasteiger partial charge is 0.397 e. The van der Waals surface area contributed by atoms with Crippen molar-refractivity contribution in [3.8, 4) is 0 Å². The molecule has 0 aromatic rings. The average Bonchev–Trinajstić information content (AvgIpc) is 2.90. The van der Waals surface area contributed by atoms with Gasteiger partial charge < -0.3 is 9.75 Å². The van der Waals surface area contributed by atoms with Gasteiger partial charge in [0.1, 0.15) is 12.6 Å². The van der Waals surface area contributed by atoms with Crippen molar-refractivity contribution >= 4 is 23.6 Å². The van der Waals surface area contributed by atoms with Gasteiger partial charge in [0, 0.05) is 19.2 Å². The molecule has 3 atom stereocenters. The summed E-state index contributed by atoms with van der Waals surface area (Å²) in [5.41, 5.74) is 3.92. The number of allylic oxidation sites excluding steroid dienone is 1. The van der Waals surface area contributed by atoms with Gasteiger partial charge >= 0.3 is 11.9 Å². The van der Waals surface area contributed by atoms with E-state index in [1.807, 2.05) is 20.8 Å². The van der Waals surface area contributed by atoms with Crippen molar-refractivity contribution in [2.75, 3.05) is 13.7 Å². The lowest BCUT2D eigenvalue weighted by Crippen LogP contribution is -2.67. The van der Waals surface area contributed by atoms with Crippen LogP contribution in [0.3, 0.4) is 0 Å². The number of carbonyl (C=O) groups excluding carboxylic acids is 4. The van der Waals surface area contributed by atoms with Gasteiger partial charge in [0.2, 0.25) is 5.91 Å². The number of esters is 1. The van der Waals surface area contributed by atoms with Crippen LogP contribution >= 0.6 is 0 Å². The van der Waals surface area contributed by atoms with Crippen LogP contribution in [0.4, 0.5) is 0 Å². The maximum Gasteiger partial charge on any atom is 0.397 e. The molecule has 2 aliphatic heterocycles. The van der Waals surface area contributed by atoms with Crippen molar-refractivity contribution in [3.05, 3.63) is 24.4 Å². The fourth-order valence-corrected chi connectivity index (χ4v) is 3.26. The van der Waals surface area contributed by atoms with Crippen molar-refractivity contribution in [1.29, 1.82) is 0 Å². The Kier molecular flexibility index (Phi) is 5.97. The summed E-state index contributed by atoms with van der Waals surface area (Å²) in [5.74, 6) is -3.26. The average molecular weight is 363 g/mol. The lowest BCUT2D eigenvalue weighted by Gasteiger charge is -2.46. The van der Waals surface area contributed by atoms with Gasteiger partial charge in [-0.3, -0.25) is 19.3 Å². The van der Waals surface area contributed by atoms with E-state index < -0.39 is 35.8 Å². The number of Topliss-reactive ketones (excluding diaryl/α,β-unsaturated/α-hetero) is 1. The molecule has 0 aromatic carbocycles. The Morgan fingerprint density at radius 1 is 1.38 bits per heavy atom. The van der Waals surface area contributed by atoms with E-state index in [0.29, 0.717) is 0 Å². The number of carbonyl (C=O) groups is 4. The molecule has 0 radical (unpaired) electrons. The zero-order chi connectivity index (χ0) is 19.6. The zero-order valence-corrected chi connectivity index (χ0v) is 15.5. The van der Waals surface area contributed by atoms with Crippen molar-refractivity contribution in [2.45, 2.75) is 39.3 Å².